The number of amides is 2. The van der Waals surface area contributed by atoms with Gasteiger partial charge in [0.05, 0.1) is 17.9 Å². The van der Waals surface area contributed by atoms with Crippen LogP contribution in [-0.4, -0.2) is 25.7 Å². The fraction of sp³-hybridized carbons (Fsp3) is 0.0882. The summed E-state index contributed by atoms with van der Waals surface area (Å²) in [5, 5.41) is 24.5. The van der Waals surface area contributed by atoms with Crippen LogP contribution in [0.5, 0.6) is 5.75 Å². The summed E-state index contributed by atoms with van der Waals surface area (Å²) in [6.07, 6.45) is 1.77. The van der Waals surface area contributed by atoms with Gasteiger partial charge >= 0.3 is 6.03 Å². The molecule has 0 aliphatic rings. The first-order chi connectivity index (χ1) is 20.5. The highest BCUT2D eigenvalue weighted by Gasteiger charge is 2.17. The Labute approximate surface area is 243 Å². The number of aromatic hydroxyl groups is 1. The van der Waals surface area contributed by atoms with Crippen LogP contribution in [0.15, 0.2) is 121 Å². The van der Waals surface area contributed by atoms with E-state index in [0.29, 0.717) is 29.1 Å². The SMILES string of the molecule is Cc1cnn2c(NCc3cccc(NC(=O)NC(c4ccccc4)c4ccccc4)c3)cc(-c3ccccc3O)nc12. The Bertz CT molecular complexity index is 1800. The van der Waals surface area contributed by atoms with Crippen molar-refractivity contribution in [2.45, 2.75) is 19.5 Å². The van der Waals surface area contributed by atoms with Crippen LogP contribution in [0.4, 0.5) is 16.3 Å². The van der Waals surface area contributed by atoms with Gasteiger partial charge in [0.15, 0.2) is 5.65 Å². The Morgan fingerprint density at radius 2 is 1.55 bits per heavy atom. The lowest BCUT2D eigenvalue weighted by atomic mass is 9.99. The maximum Gasteiger partial charge on any atom is 0.319 e. The van der Waals surface area contributed by atoms with Crippen molar-refractivity contribution < 1.29 is 9.90 Å². The van der Waals surface area contributed by atoms with Crippen molar-refractivity contribution in [1.82, 2.24) is 19.9 Å². The smallest absolute Gasteiger partial charge is 0.319 e. The molecule has 0 atom stereocenters. The van der Waals surface area contributed by atoms with Crippen molar-refractivity contribution in [2.24, 2.45) is 0 Å². The van der Waals surface area contributed by atoms with E-state index in [1.165, 1.54) is 0 Å². The summed E-state index contributed by atoms with van der Waals surface area (Å²) in [4.78, 5) is 17.9. The summed E-state index contributed by atoms with van der Waals surface area (Å²) in [5.41, 5.74) is 6.56. The van der Waals surface area contributed by atoms with Gasteiger partial charge in [-0.25, -0.2) is 9.78 Å². The molecule has 0 bridgehead atoms. The number of phenolic OH excluding ortho intramolecular Hbond substituents is 1. The van der Waals surface area contributed by atoms with Crippen molar-refractivity contribution in [3.8, 4) is 17.0 Å². The van der Waals surface area contributed by atoms with Gasteiger partial charge in [0.1, 0.15) is 11.6 Å². The molecule has 42 heavy (non-hydrogen) atoms. The lowest BCUT2D eigenvalue weighted by Gasteiger charge is -2.20. The zero-order valence-corrected chi connectivity index (χ0v) is 23.0. The number of benzene rings is 4. The van der Waals surface area contributed by atoms with E-state index in [9.17, 15) is 9.90 Å². The molecule has 4 aromatic carbocycles. The van der Waals surface area contributed by atoms with Crippen LogP contribution in [0.3, 0.4) is 0 Å². The van der Waals surface area contributed by atoms with E-state index >= 15 is 0 Å². The molecule has 6 rings (SSSR count). The number of rotatable bonds is 8. The quantitative estimate of drug-likeness (QED) is 0.163. The Morgan fingerprint density at radius 1 is 0.857 bits per heavy atom. The third-order valence-electron chi connectivity index (χ3n) is 7.03. The number of urea groups is 1. The molecule has 0 radical (unpaired) electrons. The molecule has 4 N–H and O–H groups in total. The zero-order chi connectivity index (χ0) is 28.9. The molecule has 0 saturated heterocycles. The van der Waals surface area contributed by atoms with Crippen LogP contribution in [0, 0.1) is 6.92 Å². The summed E-state index contributed by atoms with van der Waals surface area (Å²) in [6.45, 7) is 2.43. The van der Waals surface area contributed by atoms with Gasteiger partial charge in [-0.15, -0.1) is 0 Å². The molecule has 0 aliphatic heterocycles. The minimum Gasteiger partial charge on any atom is -0.507 e. The topological polar surface area (TPSA) is 104 Å². The van der Waals surface area contributed by atoms with Crippen molar-refractivity contribution in [3.05, 3.63) is 144 Å². The Kier molecular flexibility index (Phi) is 7.50. The zero-order valence-electron chi connectivity index (χ0n) is 23.0. The van der Waals surface area contributed by atoms with E-state index in [4.69, 9.17) is 4.98 Å². The van der Waals surface area contributed by atoms with Gasteiger partial charge in [0, 0.05) is 29.4 Å². The first-order valence-electron chi connectivity index (χ1n) is 13.7. The van der Waals surface area contributed by atoms with Crippen molar-refractivity contribution in [2.75, 3.05) is 10.6 Å². The fourth-order valence-electron chi connectivity index (χ4n) is 4.93. The minimum atomic E-state index is -0.298. The molecule has 0 fully saturated rings. The van der Waals surface area contributed by atoms with Crippen molar-refractivity contribution >= 4 is 23.2 Å². The molecule has 2 aromatic heterocycles. The number of hydrogen-bond acceptors (Lipinski definition) is 5. The van der Waals surface area contributed by atoms with Crippen molar-refractivity contribution in [3.63, 3.8) is 0 Å². The Hall–Kier alpha value is -5.63. The molecule has 6 aromatic rings. The second kappa shape index (κ2) is 11.9. The van der Waals surface area contributed by atoms with Gasteiger partial charge in [-0.2, -0.15) is 9.61 Å². The third kappa shape index (κ3) is 5.78. The average molecular weight is 555 g/mol. The van der Waals surface area contributed by atoms with Crippen LogP contribution in [0.2, 0.25) is 0 Å². The van der Waals surface area contributed by atoms with E-state index < -0.39 is 0 Å². The highest BCUT2D eigenvalue weighted by Crippen LogP contribution is 2.30. The number of phenols is 1. The van der Waals surface area contributed by atoms with Gasteiger partial charge in [-0.05, 0) is 47.9 Å². The van der Waals surface area contributed by atoms with E-state index in [0.717, 1.165) is 28.1 Å². The number of anilines is 2. The van der Waals surface area contributed by atoms with Gasteiger partial charge in [-0.3, -0.25) is 0 Å². The number of carbonyl (C=O) groups is 1. The molecular weight excluding hydrogens is 524 g/mol. The number of fused-ring (bicyclic) bond motifs is 1. The maximum absolute atomic E-state index is 13.1. The molecule has 0 aliphatic carbocycles. The molecule has 0 saturated carbocycles. The minimum absolute atomic E-state index is 0.163. The third-order valence-corrected chi connectivity index (χ3v) is 7.03. The lowest BCUT2D eigenvalue weighted by molar-refractivity contribution is 0.250. The van der Waals surface area contributed by atoms with Gasteiger partial charge in [0.25, 0.3) is 0 Å². The second-order valence-electron chi connectivity index (χ2n) is 10.0. The van der Waals surface area contributed by atoms with E-state index in [2.05, 4.69) is 21.0 Å². The van der Waals surface area contributed by atoms with Crippen LogP contribution in [-0.2, 0) is 6.54 Å². The van der Waals surface area contributed by atoms with Gasteiger partial charge in [-0.1, -0.05) is 84.9 Å². The Morgan fingerprint density at radius 3 is 2.26 bits per heavy atom. The van der Waals surface area contributed by atoms with Crippen molar-refractivity contribution in [1.29, 1.82) is 0 Å². The summed E-state index contributed by atoms with van der Waals surface area (Å²) in [6, 6.07) is 35.9. The fourth-order valence-corrected chi connectivity index (χ4v) is 4.93. The van der Waals surface area contributed by atoms with E-state index in [-0.39, 0.29) is 17.8 Å². The summed E-state index contributed by atoms with van der Waals surface area (Å²) in [7, 11) is 0. The standard InChI is InChI=1S/C34H30N6O2/c1-23-21-36-40-31(20-29(38-33(23)40)28-17-8-9-18-30(28)41)35-22-24-11-10-16-27(19-24)37-34(42)39-32(25-12-4-2-5-13-25)26-14-6-3-7-15-26/h2-21,32,35,41H,22H2,1H3,(H2,37,39,42). The number of nitrogens with zero attached hydrogens (tertiary/aromatic N) is 3. The molecular formula is C34H30N6O2. The molecule has 2 amide bonds. The predicted octanol–water partition coefficient (Wildman–Crippen LogP) is 6.93. The van der Waals surface area contributed by atoms with Crippen LogP contribution < -0.4 is 16.0 Å². The number of aromatic nitrogens is 3. The highest BCUT2D eigenvalue weighted by molar-refractivity contribution is 5.90. The largest absolute Gasteiger partial charge is 0.507 e. The normalized spacial score (nSPS) is 11.0. The lowest BCUT2D eigenvalue weighted by Crippen LogP contribution is -2.33. The first kappa shape index (κ1) is 26.6. The molecule has 2 heterocycles. The number of hydrogen-bond donors (Lipinski definition) is 4. The summed E-state index contributed by atoms with van der Waals surface area (Å²) >= 11 is 0. The Balaban J connectivity index is 1.19. The van der Waals surface area contributed by atoms with E-state index in [1.807, 2.05) is 110 Å². The van der Waals surface area contributed by atoms with Gasteiger partial charge < -0.3 is 21.1 Å². The number of aryl methyl sites for hydroxylation is 1. The van der Waals surface area contributed by atoms with E-state index in [1.54, 1.807) is 22.8 Å². The van der Waals surface area contributed by atoms with Crippen LogP contribution in [0.1, 0.15) is 28.3 Å². The number of para-hydroxylation sites is 1. The molecule has 208 valence electrons. The summed E-state index contributed by atoms with van der Waals surface area (Å²) in [5.74, 6) is 0.896. The molecule has 8 nitrogen and oxygen atoms in total. The maximum atomic E-state index is 13.1. The first-order valence-corrected chi connectivity index (χ1v) is 13.7. The van der Waals surface area contributed by atoms with Crippen LogP contribution in [0.25, 0.3) is 16.9 Å². The predicted molar refractivity (Wildman–Crippen MR) is 165 cm³/mol. The monoisotopic (exact) mass is 554 g/mol. The second-order valence-corrected chi connectivity index (χ2v) is 10.0. The van der Waals surface area contributed by atoms with Crippen LogP contribution >= 0.6 is 0 Å². The number of nitrogens with one attached hydrogen (secondary N) is 3. The average Bonchev–Trinajstić information content (AvgIpc) is 3.40. The molecule has 0 spiro atoms. The van der Waals surface area contributed by atoms with Gasteiger partial charge in [0.2, 0.25) is 0 Å². The highest BCUT2D eigenvalue weighted by atomic mass is 16.3. The molecule has 0 unspecified atom stereocenters. The molecule has 8 heteroatoms. The summed E-state index contributed by atoms with van der Waals surface area (Å²) < 4.78 is 1.75. The number of carbonyl (C=O) groups excluding carboxylic acids is 1.